The lowest BCUT2D eigenvalue weighted by atomic mass is 9.98. The van der Waals surface area contributed by atoms with Crippen molar-refractivity contribution in [2.24, 2.45) is 0 Å². The highest BCUT2D eigenvalue weighted by atomic mass is 19.1. The number of anilines is 1. The number of fused-ring (bicyclic) bond motifs is 1. The number of carboxylic acid groups (broad SMARTS) is 1. The van der Waals surface area contributed by atoms with Crippen molar-refractivity contribution in [3.05, 3.63) is 57.9 Å². The van der Waals surface area contributed by atoms with Gasteiger partial charge in [0, 0.05) is 17.5 Å². The second-order valence-corrected chi connectivity index (χ2v) is 8.52. The fourth-order valence-electron chi connectivity index (χ4n) is 4.20. The topological polar surface area (TPSA) is 76.1 Å². The van der Waals surface area contributed by atoms with Gasteiger partial charge < -0.3 is 14.6 Å². The molecule has 0 saturated carbocycles. The number of ether oxygens (including phenoxy) is 2. The van der Waals surface area contributed by atoms with E-state index in [0.29, 0.717) is 29.8 Å². The van der Waals surface area contributed by atoms with Gasteiger partial charge in [-0.25, -0.2) is 9.18 Å². The van der Waals surface area contributed by atoms with Crippen LogP contribution in [0.3, 0.4) is 0 Å². The van der Waals surface area contributed by atoms with Crippen molar-refractivity contribution >= 4 is 17.7 Å². The zero-order chi connectivity index (χ0) is 22.9. The summed E-state index contributed by atoms with van der Waals surface area (Å²) in [6.45, 7) is 7.75. The first kappa shape index (κ1) is 22.6. The van der Waals surface area contributed by atoms with Crippen molar-refractivity contribution in [2.75, 3.05) is 12.0 Å². The number of nitrogens with zero attached hydrogens (tertiary/aromatic N) is 1. The molecule has 1 aliphatic heterocycles. The zero-order valence-electron chi connectivity index (χ0n) is 18.5. The van der Waals surface area contributed by atoms with Gasteiger partial charge in [-0.15, -0.1) is 0 Å². The van der Waals surface area contributed by atoms with Crippen molar-refractivity contribution < 1.29 is 28.6 Å². The Labute approximate surface area is 181 Å². The van der Waals surface area contributed by atoms with Crippen LogP contribution in [0.4, 0.5) is 14.9 Å². The van der Waals surface area contributed by atoms with E-state index in [9.17, 15) is 14.0 Å². The van der Waals surface area contributed by atoms with Gasteiger partial charge in [-0.05, 0) is 81.0 Å². The van der Waals surface area contributed by atoms with Crippen LogP contribution in [-0.4, -0.2) is 29.8 Å². The number of carbonyl (C=O) groups is 2. The molecule has 31 heavy (non-hydrogen) atoms. The summed E-state index contributed by atoms with van der Waals surface area (Å²) in [4.78, 5) is 24.9. The highest BCUT2D eigenvalue weighted by molar-refractivity contribution is 5.93. The first-order chi connectivity index (χ1) is 14.5. The fraction of sp³-hybridized carbons (Fsp3) is 0.417. The molecule has 0 bridgehead atoms. The van der Waals surface area contributed by atoms with E-state index in [4.69, 9.17) is 14.6 Å². The maximum absolute atomic E-state index is 14.3. The minimum atomic E-state index is -0.838. The number of aryl methyl sites for hydroxylation is 1. The van der Waals surface area contributed by atoms with Gasteiger partial charge in [0.05, 0.1) is 12.8 Å². The molecule has 7 heteroatoms. The summed E-state index contributed by atoms with van der Waals surface area (Å²) in [7, 11) is 1.33. The smallest absolute Gasteiger partial charge is 0.414 e. The Morgan fingerprint density at radius 2 is 1.87 bits per heavy atom. The molecule has 2 aromatic carbocycles. The largest absolute Gasteiger partial charge is 0.489 e. The molecule has 1 aliphatic rings. The highest BCUT2D eigenvalue weighted by Crippen LogP contribution is 2.42. The highest BCUT2D eigenvalue weighted by Gasteiger charge is 2.42. The molecule has 1 N–H and O–H groups in total. The molecule has 2 aromatic rings. The first-order valence-electron chi connectivity index (χ1n) is 10.2. The van der Waals surface area contributed by atoms with E-state index in [1.165, 1.54) is 19.2 Å². The summed E-state index contributed by atoms with van der Waals surface area (Å²) < 4.78 is 25.3. The van der Waals surface area contributed by atoms with Crippen LogP contribution in [0.15, 0.2) is 24.3 Å². The molecule has 0 spiro atoms. The van der Waals surface area contributed by atoms with Crippen LogP contribution < -0.4 is 9.64 Å². The maximum atomic E-state index is 14.3. The second-order valence-electron chi connectivity index (χ2n) is 8.52. The average molecular weight is 429 g/mol. The minimum absolute atomic E-state index is 0.0645. The van der Waals surface area contributed by atoms with Crippen LogP contribution >= 0.6 is 0 Å². The number of carboxylic acids is 1. The SMILES string of the molecule is COC(=O)N1c2c(COc3ccc(CCC(=O)O)c(C)c3C)cc(F)cc2CC1(C)C. The molecule has 0 aliphatic carbocycles. The van der Waals surface area contributed by atoms with Gasteiger partial charge in [-0.2, -0.15) is 0 Å². The van der Waals surface area contributed by atoms with Crippen molar-refractivity contribution in [2.45, 2.75) is 59.1 Å². The standard InChI is InChI=1S/C24H28FNO5/c1-14-15(2)20(8-6-16(14)7-9-21(27)28)31-13-18-11-19(25)10-17-12-24(3,4)26(22(17)18)23(29)30-5/h6,8,10-11H,7,9,12-13H2,1-5H3,(H,27,28). The molecule has 0 unspecified atom stereocenters. The Bertz CT molecular complexity index is 1030. The maximum Gasteiger partial charge on any atom is 0.414 e. The predicted molar refractivity (Wildman–Crippen MR) is 115 cm³/mol. The predicted octanol–water partition coefficient (Wildman–Crippen LogP) is 4.95. The van der Waals surface area contributed by atoms with Gasteiger partial charge in [0.2, 0.25) is 0 Å². The Morgan fingerprint density at radius 1 is 1.16 bits per heavy atom. The molecule has 1 heterocycles. The van der Waals surface area contributed by atoms with Crippen LogP contribution in [0.5, 0.6) is 5.75 Å². The Hall–Kier alpha value is -3.09. The summed E-state index contributed by atoms with van der Waals surface area (Å²) in [5, 5.41) is 8.92. The molecular formula is C24H28FNO5. The van der Waals surface area contributed by atoms with E-state index in [0.717, 1.165) is 22.3 Å². The summed E-state index contributed by atoms with van der Waals surface area (Å²) >= 11 is 0. The summed E-state index contributed by atoms with van der Waals surface area (Å²) in [5.74, 6) is -0.580. The monoisotopic (exact) mass is 429 g/mol. The number of halogens is 1. The number of amides is 1. The lowest BCUT2D eigenvalue weighted by Gasteiger charge is -2.31. The average Bonchev–Trinajstić information content (AvgIpc) is 2.96. The van der Waals surface area contributed by atoms with Crippen LogP contribution in [0, 0.1) is 19.7 Å². The Balaban J connectivity index is 1.89. The summed E-state index contributed by atoms with van der Waals surface area (Å²) in [6.07, 6.45) is 0.530. The number of rotatable bonds is 6. The molecule has 1 amide bonds. The minimum Gasteiger partial charge on any atom is -0.489 e. The van der Waals surface area contributed by atoms with Crippen LogP contribution in [0.2, 0.25) is 0 Å². The zero-order valence-corrected chi connectivity index (χ0v) is 18.5. The Morgan fingerprint density at radius 3 is 2.52 bits per heavy atom. The van der Waals surface area contributed by atoms with Crippen molar-refractivity contribution in [3.8, 4) is 5.75 Å². The van der Waals surface area contributed by atoms with E-state index in [1.807, 2.05) is 33.8 Å². The number of benzene rings is 2. The van der Waals surface area contributed by atoms with Gasteiger partial charge in [-0.3, -0.25) is 9.69 Å². The van der Waals surface area contributed by atoms with Crippen LogP contribution in [-0.2, 0) is 29.0 Å². The van der Waals surface area contributed by atoms with Gasteiger partial charge in [0.1, 0.15) is 18.2 Å². The van der Waals surface area contributed by atoms with Gasteiger partial charge in [0.25, 0.3) is 0 Å². The van der Waals surface area contributed by atoms with Gasteiger partial charge in [0.15, 0.2) is 0 Å². The fourth-order valence-corrected chi connectivity index (χ4v) is 4.20. The molecule has 0 saturated heterocycles. The van der Waals surface area contributed by atoms with Crippen LogP contribution in [0.1, 0.15) is 48.1 Å². The molecule has 0 atom stereocenters. The number of hydrogen-bond donors (Lipinski definition) is 1. The third-order valence-corrected chi connectivity index (χ3v) is 5.88. The summed E-state index contributed by atoms with van der Waals surface area (Å²) in [6, 6.07) is 6.51. The summed E-state index contributed by atoms with van der Waals surface area (Å²) in [5.41, 5.74) is 4.23. The van der Waals surface area contributed by atoms with Gasteiger partial charge in [-0.1, -0.05) is 6.07 Å². The third kappa shape index (κ3) is 4.50. The number of carbonyl (C=O) groups excluding carboxylic acids is 1. The molecule has 0 radical (unpaired) electrons. The first-order valence-corrected chi connectivity index (χ1v) is 10.2. The lowest BCUT2D eigenvalue weighted by Crippen LogP contribution is -2.45. The van der Waals surface area contributed by atoms with E-state index in [1.54, 1.807) is 11.0 Å². The molecule has 0 fully saturated rings. The number of hydrogen-bond acceptors (Lipinski definition) is 4. The quantitative estimate of drug-likeness (QED) is 0.703. The van der Waals surface area contributed by atoms with Crippen molar-refractivity contribution in [1.29, 1.82) is 0 Å². The van der Waals surface area contributed by atoms with E-state index in [2.05, 4.69) is 0 Å². The molecular weight excluding hydrogens is 401 g/mol. The molecule has 0 aromatic heterocycles. The Kier molecular flexibility index (Phi) is 6.25. The van der Waals surface area contributed by atoms with E-state index >= 15 is 0 Å². The normalized spacial score (nSPS) is 14.3. The lowest BCUT2D eigenvalue weighted by molar-refractivity contribution is -0.136. The van der Waals surface area contributed by atoms with Crippen LogP contribution in [0.25, 0.3) is 0 Å². The molecule has 6 nitrogen and oxygen atoms in total. The third-order valence-electron chi connectivity index (χ3n) is 5.88. The van der Waals surface area contributed by atoms with Crippen molar-refractivity contribution in [3.63, 3.8) is 0 Å². The molecule has 3 rings (SSSR count). The molecule has 166 valence electrons. The van der Waals surface area contributed by atoms with Gasteiger partial charge >= 0.3 is 12.1 Å². The van der Waals surface area contributed by atoms with Crippen molar-refractivity contribution in [1.82, 2.24) is 0 Å². The number of methoxy groups -OCH3 is 1. The van der Waals surface area contributed by atoms with E-state index in [-0.39, 0.29) is 18.8 Å². The second kappa shape index (κ2) is 8.57. The van der Waals surface area contributed by atoms with E-state index < -0.39 is 17.6 Å². The number of aliphatic carboxylic acids is 1.